The van der Waals surface area contributed by atoms with Crippen LogP contribution in [-0.4, -0.2) is 49.1 Å². The summed E-state index contributed by atoms with van der Waals surface area (Å²) >= 11 is 0. The van der Waals surface area contributed by atoms with Crippen LogP contribution >= 0.6 is 0 Å². The topological polar surface area (TPSA) is 32.5 Å². The Morgan fingerprint density at radius 2 is 1.72 bits per heavy atom. The van der Waals surface area contributed by atoms with Crippen molar-refractivity contribution >= 4 is 0 Å². The minimum absolute atomic E-state index is 0.776. The van der Waals surface area contributed by atoms with Crippen molar-refractivity contribution in [1.29, 1.82) is 0 Å². The summed E-state index contributed by atoms with van der Waals surface area (Å²) in [5.41, 5.74) is 8.48. The molecule has 1 aliphatic rings. The number of aryl methyl sites for hydroxylation is 1. The smallest absolute Gasteiger partial charge is 0.0234 e. The first-order chi connectivity index (χ1) is 8.81. The van der Waals surface area contributed by atoms with Gasteiger partial charge < -0.3 is 5.73 Å². The van der Waals surface area contributed by atoms with Crippen molar-refractivity contribution in [2.24, 2.45) is 5.73 Å². The predicted octanol–water partition coefficient (Wildman–Crippen LogP) is 1.33. The summed E-state index contributed by atoms with van der Waals surface area (Å²) in [5.74, 6) is 0. The molecule has 1 aliphatic heterocycles. The molecule has 3 nitrogen and oxygen atoms in total. The summed E-state index contributed by atoms with van der Waals surface area (Å²) in [7, 11) is 0. The summed E-state index contributed by atoms with van der Waals surface area (Å²) in [6, 6.07) is 8.97. The molecule has 0 unspecified atom stereocenters. The standard InChI is InChI=1S/C15H25N3/c1-2-14-4-3-5-15(12-14)13-18-10-8-17(7-6-16)9-11-18/h3-5,12H,2,6-11,13,16H2,1H3. The highest BCUT2D eigenvalue weighted by molar-refractivity contribution is 5.23. The number of hydrogen-bond donors (Lipinski definition) is 1. The average molecular weight is 247 g/mol. The lowest BCUT2D eigenvalue weighted by Crippen LogP contribution is -2.47. The van der Waals surface area contributed by atoms with Crippen LogP contribution in [0.5, 0.6) is 0 Å². The molecule has 2 rings (SSSR count). The molecule has 0 saturated carbocycles. The number of nitrogens with two attached hydrogens (primary N) is 1. The quantitative estimate of drug-likeness (QED) is 0.852. The third-order valence-corrected chi connectivity index (χ3v) is 3.72. The highest BCUT2D eigenvalue weighted by Gasteiger charge is 2.15. The zero-order valence-electron chi connectivity index (χ0n) is 11.4. The molecule has 100 valence electrons. The van der Waals surface area contributed by atoms with Crippen LogP contribution in [0.15, 0.2) is 24.3 Å². The Balaban J connectivity index is 1.83. The second-order valence-corrected chi connectivity index (χ2v) is 5.08. The lowest BCUT2D eigenvalue weighted by molar-refractivity contribution is 0.130. The second-order valence-electron chi connectivity index (χ2n) is 5.08. The molecule has 18 heavy (non-hydrogen) atoms. The van der Waals surface area contributed by atoms with Gasteiger partial charge in [0.2, 0.25) is 0 Å². The fourth-order valence-electron chi connectivity index (χ4n) is 2.56. The van der Waals surface area contributed by atoms with Gasteiger partial charge in [-0.3, -0.25) is 9.80 Å². The minimum Gasteiger partial charge on any atom is -0.329 e. The maximum Gasteiger partial charge on any atom is 0.0234 e. The SMILES string of the molecule is CCc1cccc(CN2CCN(CCN)CC2)c1. The number of rotatable bonds is 5. The van der Waals surface area contributed by atoms with Gasteiger partial charge in [0.15, 0.2) is 0 Å². The van der Waals surface area contributed by atoms with Gasteiger partial charge in [0.1, 0.15) is 0 Å². The first-order valence-electron chi connectivity index (χ1n) is 7.04. The van der Waals surface area contributed by atoms with Gasteiger partial charge in [0, 0.05) is 45.8 Å². The van der Waals surface area contributed by atoms with E-state index in [4.69, 9.17) is 5.73 Å². The normalized spacial score (nSPS) is 18.1. The molecule has 3 heteroatoms. The molecular weight excluding hydrogens is 222 g/mol. The highest BCUT2D eigenvalue weighted by atomic mass is 15.3. The minimum atomic E-state index is 0.776. The van der Waals surface area contributed by atoms with Crippen molar-refractivity contribution in [1.82, 2.24) is 9.80 Å². The molecular formula is C15H25N3. The summed E-state index contributed by atoms with van der Waals surface area (Å²) in [4.78, 5) is 5.00. The summed E-state index contributed by atoms with van der Waals surface area (Å²) in [5, 5.41) is 0. The van der Waals surface area contributed by atoms with Crippen molar-refractivity contribution in [3.05, 3.63) is 35.4 Å². The Hall–Kier alpha value is -0.900. The van der Waals surface area contributed by atoms with Crippen LogP contribution < -0.4 is 5.73 Å². The van der Waals surface area contributed by atoms with Gasteiger partial charge in [0.05, 0.1) is 0 Å². The van der Waals surface area contributed by atoms with Crippen LogP contribution in [0.1, 0.15) is 18.1 Å². The molecule has 0 amide bonds. The largest absolute Gasteiger partial charge is 0.329 e. The van der Waals surface area contributed by atoms with Crippen molar-refractivity contribution in [3.63, 3.8) is 0 Å². The summed E-state index contributed by atoms with van der Waals surface area (Å²) < 4.78 is 0. The predicted molar refractivity (Wildman–Crippen MR) is 76.6 cm³/mol. The Labute approximate surface area is 111 Å². The van der Waals surface area contributed by atoms with Gasteiger partial charge in [-0.05, 0) is 17.5 Å². The summed E-state index contributed by atoms with van der Waals surface area (Å²) in [6.45, 7) is 9.76. The first kappa shape index (κ1) is 13.5. The van der Waals surface area contributed by atoms with E-state index in [1.165, 1.54) is 11.1 Å². The molecule has 1 aromatic carbocycles. The van der Waals surface area contributed by atoms with Gasteiger partial charge in [-0.25, -0.2) is 0 Å². The number of piperazine rings is 1. The van der Waals surface area contributed by atoms with Crippen LogP contribution in [0.25, 0.3) is 0 Å². The number of hydrogen-bond acceptors (Lipinski definition) is 3. The zero-order valence-corrected chi connectivity index (χ0v) is 11.4. The van der Waals surface area contributed by atoms with E-state index in [2.05, 4.69) is 41.0 Å². The fraction of sp³-hybridized carbons (Fsp3) is 0.600. The first-order valence-corrected chi connectivity index (χ1v) is 7.04. The van der Waals surface area contributed by atoms with E-state index in [1.54, 1.807) is 0 Å². The Kier molecular flexibility index (Phi) is 5.17. The van der Waals surface area contributed by atoms with Crippen LogP contribution in [0.4, 0.5) is 0 Å². The zero-order chi connectivity index (χ0) is 12.8. The molecule has 2 N–H and O–H groups in total. The Bertz CT molecular complexity index is 357. The third-order valence-electron chi connectivity index (χ3n) is 3.72. The average Bonchev–Trinajstić information content (AvgIpc) is 2.42. The molecule has 0 radical (unpaired) electrons. The monoisotopic (exact) mass is 247 g/mol. The van der Waals surface area contributed by atoms with Gasteiger partial charge in [-0.1, -0.05) is 31.2 Å². The molecule has 1 fully saturated rings. The molecule has 1 aromatic rings. The van der Waals surface area contributed by atoms with E-state index in [-0.39, 0.29) is 0 Å². The van der Waals surface area contributed by atoms with E-state index in [0.29, 0.717) is 0 Å². The molecule has 0 atom stereocenters. The number of benzene rings is 1. The van der Waals surface area contributed by atoms with Gasteiger partial charge >= 0.3 is 0 Å². The molecule has 0 spiro atoms. The second kappa shape index (κ2) is 6.88. The molecule has 0 aliphatic carbocycles. The Morgan fingerprint density at radius 1 is 1.06 bits per heavy atom. The van der Waals surface area contributed by atoms with E-state index in [1.807, 2.05) is 0 Å². The molecule has 1 heterocycles. The van der Waals surface area contributed by atoms with Crippen molar-refractivity contribution in [3.8, 4) is 0 Å². The Morgan fingerprint density at radius 3 is 2.39 bits per heavy atom. The highest BCUT2D eigenvalue weighted by Crippen LogP contribution is 2.11. The molecule has 1 saturated heterocycles. The van der Waals surface area contributed by atoms with Crippen molar-refractivity contribution in [2.45, 2.75) is 19.9 Å². The van der Waals surface area contributed by atoms with Gasteiger partial charge in [0.25, 0.3) is 0 Å². The van der Waals surface area contributed by atoms with E-state index < -0.39 is 0 Å². The van der Waals surface area contributed by atoms with Crippen LogP contribution in [0.3, 0.4) is 0 Å². The summed E-state index contributed by atoms with van der Waals surface area (Å²) in [6.07, 6.45) is 1.12. The van der Waals surface area contributed by atoms with Crippen LogP contribution in [0, 0.1) is 0 Å². The van der Waals surface area contributed by atoms with E-state index in [9.17, 15) is 0 Å². The van der Waals surface area contributed by atoms with Crippen LogP contribution in [0.2, 0.25) is 0 Å². The van der Waals surface area contributed by atoms with Crippen LogP contribution in [-0.2, 0) is 13.0 Å². The maximum absolute atomic E-state index is 5.59. The van der Waals surface area contributed by atoms with Crippen molar-refractivity contribution in [2.75, 3.05) is 39.3 Å². The third kappa shape index (κ3) is 3.80. The lowest BCUT2D eigenvalue weighted by Gasteiger charge is -2.34. The van der Waals surface area contributed by atoms with E-state index in [0.717, 1.165) is 52.2 Å². The maximum atomic E-state index is 5.59. The fourth-order valence-corrected chi connectivity index (χ4v) is 2.56. The molecule has 0 aromatic heterocycles. The van der Waals surface area contributed by atoms with E-state index >= 15 is 0 Å². The van der Waals surface area contributed by atoms with Gasteiger partial charge in [-0.2, -0.15) is 0 Å². The molecule has 0 bridgehead atoms. The van der Waals surface area contributed by atoms with Gasteiger partial charge in [-0.15, -0.1) is 0 Å². The number of nitrogens with zero attached hydrogens (tertiary/aromatic N) is 2. The van der Waals surface area contributed by atoms with Crippen molar-refractivity contribution < 1.29 is 0 Å². The lowest BCUT2D eigenvalue weighted by atomic mass is 10.1.